The molecule has 1 amide bonds. The number of aliphatic carboxylic acids is 1. The van der Waals surface area contributed by atoms with E-state index in [1.807, 2.05) is 18.2 Å². The van der Waals surface area contributed by atoms with Crippen molar-refractivity contribution in [3.63, 3.8) is 0 Å². The average molecular weight is 516 g/mol. The van der Waals surface area contributed by atoms with Crippen molar-refractivity contribution in [1.29, 1.82) is 0 Å². The maximum atomic E-state index is 13.1. The maximum absolute atomic E-state index is 13.1. The van der Waals surface area contributed by atoms with E-state index in [-0.39, 0.29) is 11.2 Å². The Labute approximate surface area is 209 Å². The van der Waals surface area contributed by atoms with Gasteiger partial charge in [0.1, 0.15) is 15.9 Å². The summed E-state index contributed by atoms with van der Waals surface area (Å²) in [6.45, 7) is 0.474. The van der Waals surface area contributed by atoms with Gasteiger partial charge >= 0.3 is 5.97 Å². The number of para-hydroxylation sites is 1. The Hall–Kier alpha value is -3.82. The predicted molar refractivity (Wildman–Crippen MR) is 133 cm³/mol. The molecule has 0 saturated heterocycles. The average Bonchev–Trinajstić information content (AvgIpc) is 3.25. The van der Waals surface area contributed by atoms with Crippen molar-refractivity contribution >= 4 is 63.3 Å². The summed E-state index contributed by atoms with van der Waals surface area (Å²) < 4.78 is 12.5. The van der Waals surface area contributed by atoms with Crippen LogP contribution in [0.2, 0.25) is 0 Å². The summed E-state index contributed by atoms with van der Waals surface area (Å²) in [5.74, 6) is -0.772. The molecular weight excluding hydrogens is 497 g/mol. The Morgan fingerprint density at radius 1 is 1.14 bits per heavy atom. The molecule has 2 aromatic carbocycles. The number of nitrogens with zero attached hydrogens (tertiary/aromatic N) is 2. The van der Waals surface area contributed by atoms with Crippen molar-refractivity contribution in [3.05, 3.63) is 68.2 Å². The van der Waals surface area contributed by atoms with E-state index < -0.39 is 21.9 Å². The van der Waals surface area contributed by atoms with Crippen LogP contribution < -0.4 is 20.3 Å². The Bertz CT molecular complexity index is 1490. The molecule has 1 aliphatic heterocycles. The zero-order valence-electron chi connectivity index (χ0n) is 18.6. The number of carbonyl (C=O) groups is 2. The third kappa shape index (κ3) is 4.60. The molecule has 0 aliphatic carbocycles. The SMILES string of the molecule is COc1cccc(/C=C2/CCn3c2nc2cc(NC(=O)/C(Cl)=C(/Cl)C(=O)O)ccc2c3=O)c1OC. The van der Waals surface area contributed by atoms with E-state index in [0.29, 0.717) is 41.2 Å². The molecule has 3 aromatic rings. The lowest BCUT2D eigenvalue weighted by Gasteiger charge is -2.11. The lowest BCUT2D eigenvalue weighted by Crippen LogP contribution is -2.21. The van der Waals surface area contributed by atoms with E-state index in [1.54, 1.807) is 24.9 Å². The van der Waals surface area contributed by atoms with Gasteiger partial charge in [-0.3, -0.25) is 14.2 Å². The summed E-state index contributed by atoms with van der Waals surface area (Å²) >= 11 is 11.3. The zero-order valence-corrected chi connectivity index (χ0v) is 20.1. The molecule has 9 nitrogen and oxygen atoms in total. The highest BCUT2D eigenvalue weighted by Gasteiger charge is 2.23. The van der Waals surface area contributed by atoms with Crippen LogP contribution in [0.25, 0.3) is 22.6 Å². The van der Waals surface area contributed by atoms with Crippen molar-refractivity contribution in [3.8, 4) is 11.5 Å². The number of hydrogen-bond donors (Lipinski definition) is 2. The molecule has 1 aliphatic rings. The van der Waals surface area contributed by atoms with E-state index in [1.165, 1.54) is 18.2 Å². The number of nitrogens with one attached hydrogen (secondary N) is 1. The van der Waals surface area contributed by atoms with Crippen molar-refractivity contribution in [1.82, 2.24) is 9.55 Å². The molecule has 0 atom stereocenters. The number of carbonyl (C=O) groups excluding carboxylic acids is 1. The number of carboxylic acid groups (broad SMARTS) is 1. The predicted octanol–water partition coefficient (Wildman–Crippen LogP) is 4.07. The minimum atomic E-state index is -1.53. The number of fused-ring (bicyclic) bond motifs is 2. The lowest BCUT2D eigenvalue weighted by atomic mass is 10.1. The molecule has 0 saturated carbocycles. The Morgan fingerprint density at radius 2 is 1.91 bits per heavy atom. The topological polar surface area (TPSA) is 120 Å². The first-order valence-electron chi connectivity index (χ1n) is 10.3. The lowest BCUT2D eigenvalue weighted by molar-refractivity contribution is -0.132. The Morgan fingerprint density at radius 3 is 2.60 bits per heavy atom. The quantitative estimate of drug-likeness (QED) is 0.474. The molecule has 0 radical (unpaired) electrons. The van der Waals surface area contributed by atoms with Crippen LogP contribution in [0.3, 0.4) is 0 Å². The van der Waals surface area contributed by atoms with Gasteiger partial charge in [0.05, 0.1) is 25.1 Å². The minimum absolute atomic E-state index is 0.212. The minimum Gasteiger partial charge on any atom is -0.493 e. The van der Waals surface area contributed by atoms with Gasteiger partial charge in [-0.25, -0.2) is 9.78 Å². The molecule has 0 fully saturated rings. The van der Waals surface area contributed by atoms with Crippen LogP contribution in [0.4, 0.5) is 5.69 Å². The largest absolute Gasteiger partial charge is 0.493 e. The molecule has 180 valence electrons. The third-order valence-corrected chi connectivity index (χ3v) is 6.26. The van der Waals surface area contributed by atoms with E-state index in [2.05, 4.69) is 10.3 Å². The molecule has 35 heavy (non-hydrogen) atoms. The van der Waals surface area contributed by atoms with Crippen LogP contribution in [0.15, 0.2) is 51.3 Å². The highest BCUT2D eigenvalue weighted by molar-refractivity contribution is 6.54. The van der Waals surface area contributed by atoms with Crippen LogP contribution in [0.1, 0.15) is 17.8 Å². The third-order valence-electron chi connectivity index (χ3n) is 5.45. The second-order valence-electron chi connectivity index (χ2n) is 7.51. The van der Waals surface area contributed by atoms with Gasteiger partial charge in [0.2, 0.25) is 0 Å². The summed E-state index contributed by atoms with van der Waals surface area (Å²) in [7, 11) is 3.11. The van der Waals surface area contributed by atoms with Gasteiger partial charge in [0, 0.05) is 17.8 Å². The fourth-order valence-corrected chi connectivity index (χ4v) is 4.04. The number of methoxy groups -OCH3 is 2. The summed E-state index contributed by atoms with van der Waals surface area (Å²) in [4.78, 5) is 41.0. The van der Waals surface area contributed by atoms with Crippen molar-refractivity contribution in [2.75, 3.05) is 19.5 Å². The van der Waals surface area contributed by atoms with E-state index >= 15 is 0 Å². The van der Waals surface area contributed by atoms with Crippen LogP contribution in [0.5, 0.6) is 11.5 Å². The monoisotopic (exact) mass is 515 g/mol. The van der Waals surface area contributed by atoms with Crippen molar-refractivity contribution in [2.24, 2.45) is 0 Å². The van der Waals surface area contributed by atoms with Crippen molar-refractivity contribution < 1.29 is 24.2 Å². The number of carboxylic acids is 1. The maximum Gasteiger partial charge on any atom is 0.349 e. The number of amides is 1. The number of rotatable bonds is 6. The van der Waals surface area contributed by atoms with Gasteiger partial charge in [-0.05, 0) is 42.3 Å². The highest BCUT2D eigenvalue weighted by atomic mass is 35.5. The number of halogens is 2. The normalized spacial score (nSPS) is 14.5. The van der Waals surface area contributed by atoms with Crippen LogP contribution in [0, 0.1) is 0 Å². The molecule has 2 heterocycles. The summed E-state index contributed by atoms with van der Waals surface area (Å²) in [5, 5.41) is 10.3. The first kappa shape index (κ1) is 24.3. The number of hydrogen-bond acceptors (Lipinski definition) is 6. The summed E-state index contributed by atoms with van der Waals surface area (Å²) in [6.07, 6.45) is 2.50. The Balaban J connectivity index is 1.75. The molecule has 2 N–H and O–H groups in total. The van der Waals surface area contributed by atoms with E-state index in [4.69, 9.17) is 37.8 Å². The number of aromatic nitrogens is 2. The van der Waals surface area contributed by atoms with Gasteiger partial charge < -0.3 is 19.9 Å². The first-order valence-corrected chi connectivity index (χ1v) is 11.1. The molecular formula is C24H19Cl2N3O6. The number of anilines is 1. The van der Waals surface area contributed by atoms with E-state index in [9.17, 15) is 14.4 Å². The van der Waals surface area contributed by atoms with E-state index in [0.717, 1.165) is 11.1 Å². The van der Waals surface area contributed by atoms with Gasteiger partial charge in [0.25, 0.3) is 11.5 Å². The highest BCUT2D eigenvalue weighted by Crippen LogP contribution is 2.35. The van der Waals surface area contributed by atoms with Crippen LogP contribution in [-0.2, 0) is 16.1 Å². The van der Waals surface area contributed by atoms with Crippen molar-refractivity contribution in [2.45, 2.75) is 13.0 Å². The Kier molecular flexibility index (Phi) is 6.81. The first-order chi connectivity index (χ1) is 16.7. The van der Waals surface area contributed by atoms with Crippen LogP contribution >= 0.6 is 23.2 Å². The number of allylic oxidation sites excluding steroid dienone is 1. The van der Waals surface area contributed by atoms with Gasteiger partial charge in [-0.15, -0.1) is 0 Å². The fourth-order valence-electron chi connectivity index (χ4n) is 3.83. The number of benzene rings is 2. The number of ether oxygens (including phenoxy) is 2. The molecule has 0 bridgehead atoms. The smallest absolute Gasteiger partial charge is 0.349 e. The molecule has 4 rings (SSSR count). The summed E-state index contributed by atoms with van der Waals surface area (Å²) in [5.41, 5.74) is 2.03. The fraction of sp³-hybridized carbons (Fsp3) is 0.167. The van der Waals surface area contributed by atoms with Gasteiger partial charge in [-0.1, -0.05) is 35.3 Å². The standard InChI is InChI=1S/C24H19Cl2N3O6/c1-34-17-5-3-4-12(20(17)35-2)10-13-8-9-29-21(13)28-16-11-14(6-7-15(16)23(29)31)27-22(30)18(25)19(26)24(32)33/h3-7,10-11H,8-9H2,1-2H3,(H,27,30)(H,32,33)/b13-10-,19-18-. The zero-order chi connectivity index (χ0) is 25.3. The van der Waals surface area contributed by atoms with Gasteiger partial charge in [-0.2, -0.15) is 0 Å². The molecule has 1 aromatic heterocycles. The summed E-state index contributed by atoms with van der Waals surface area (Å²) in [6, 6.07) is 10.1. The molecule has 11 heteroatoms. The van der Waals surface area contributed by atoms with Crippen LogP contribution in [-0.4, -0.2) is 40.8 Å². The molecule has 0 unspecified atom stereocenters. The second-order valence-corrected chi connectivity index (χ2v) is 8.27. The second kappa shape index (κ2) is 9.81. The molecule has 0 spiro atoms. The van der Waals surface area contributed by atoms with Gasteiger partial charge in [0.15, 0.2) is 11.5 Å².